The lowest BCUT2D eigenvalue weighted by molar-refractivity contribution is -0.110. The average molecular weight is 189 g/mol. The van der Waals surface area contributed by atoms with Gasteiger partial charge in [-0.25, -0.2) is 0 Å². The summed E-state index contributed by atoms with van der Waals surface area (Å²) in [5.41, 5.74) is 1.06. The van der Waals surface area contributed by atoms with Crippen LogP contribution in [0.1, 0.15) is 0 Å². The Hall–Kier alpha value is -1.74. The molecule has 0 fully saturated rings. The van der Waals surface area contributed by atoms with Crippen LogP contribution in [-0.2, 0) is 4.79 Å². The van der Waals surface area contributed by atoms with Crippen molar-refractivity contribution in [2.24, 2.45) is 0 Å². The van der Waals surface area contributed by atoms with Crippen LogP contribution in [-0.4, -0.2) is 23.0 Å². The maximum absolute atomic E-state index is 8.92. The Bertz CT molecular complexity index is 336. The topological polar surface area (TPSA) is 50.2 Å². The summed E-state index contributed by atoms with van der Waals surface area (Å²) in [5, 5.41) is 8.71. The molecule has 0 bridgehead atoms. The zero-order valence-electron chi connectivity index (χ0n) is 7.63. The van der Waals surface area contributed by atoms with Gasteiger partial charge in [0.15, 0.2) is 0 Å². The molecule has 0 radical (unpaired) electrons. The highest BCUT2D eigenvalue weighted by atomic mass is 16.3. The second-order valence-electron chi connectivity index (χ2n) is 2.55. The van der Waals surface area contributed by atoms with Crippen molar-refractivity contribution in [3.05, 3.63) is 42.6 Å². The van der Waals surface area contributed by atoms with E-state index in [0.717, 1.165) is 5.52 Å². The number of hydrogen-bond donors (Lipinski definition) is 1. The van der Waals surface area contributed by atoms with Crippen molar-refractivity contribution in [2.75, 3.05) is 6.61 Å². The van der Waals surface area contributed by atoms with E-state index in [-0.39, 0.29) is 6.61 Å². The molecule has 0 aliphatic rings. The molecule has 3 heteroatoms. The van der Waals surface area contributed by atoms with E-state index in [2.05, 4.69) is 17.1 Å². The highest BCUT2D eigenvalue weighted by Crippen LogP contribution is 2.07. The van der Waals surface area contributed by atoms with Crippen LogP contribution in [0.3, 0.4) is 0 Å². The Balaban J connectivity index is 0.000000213. The molecule has 0 unspecified atom stereocenters. The fourth-order valence-electron chi connectivity index (χ4n) is 1.02. The molecule has 2 aromatic rings. The van der Waals surface area contributed by atoms with Crippen LogP contribution in [0.2, 0.25) is 0 Å². The summed E-state index contributed by atoms with van der Waals surface area (Å²) in [6, 6.07) is 12.1. The maximum atomic E-state index is 8.92. The lowest BCUT2D eigenvalue weighted by Gasteiger charge is -1.91. The van der Waals surface area contributed by atoms with Crippen molar-refractivity contribution < 1.29 is 9.90 Å². The van der Waals surface area contributed by atoms with Crippen molar-refractivity contribution in [1.82, 2.24) is 4.98 Å². The largest absolute Gasteiger partial charge is 0.389 e. The molecule has 1 heterocycles. The fourth-order valence-corrected chi connectivity index (χ4v) is 1.02. The third-order valence-electron chi connectivity index (χ3n) is 1.59. The molecule has 0 aliphatic heterocycles. The minimum atomic E-state index is -0.361. The van der Waals surface area contributed by atoms with Crippen LogP contribution in [0.15, 0.2) is 42.6 Å². The van der Waals surface area contributed by atoms with E-state index in [4.69, 9.17) is 9.90 Å². The van der Waals surface area contributed by atoms with E-state index >= 15 is 0 Å². The third kappa shape index (κ3) is 2.95. The second-order valence-corrected chi connectivity index (χ2v) is 2.55. The van der Waals surface area contributed by atoms with Gasteiger partial charge in [-0.05, 0) is 12.1 Å². The molecule has 1 aromatic heterocycles. The van der Waals surface area contributed by atoms with Gasteiger partial charge in [0.25, 0.3) is 0 Å². The summed E-state index contributed by atoms with van der Waals surface area (Å²) < 4.78 is 0. The van der Waals surface area contributed by atoms with E-state index in [0.29, 0.717) is 6.29 Å². The summed E-state index contributed by atoms with van der Waals surface area (Å²) in [5.74, 6) is 0. The molecule has 2 rings (SSSR count). The smallest absolute Gasteiger partial charge is 0.145 e. The highest BCUT2D eigenvalue weighted by molar-refractivity contribution is 5.77. The number of para-hydroxylation sites is 1. The molecule has 1 aromatic carbocycles. The Morgan fingerprint density at radius 2 is 1.86 bits per heavy atom. The van der Waals surface area contributed by atoms with Crippen LogP contribution in [0.5, 0.6) is 0 Å². The predicted molar refractivity (Wildman–Crippen MR) is 54.9 cm³/mol. The summed E-state index contributed by atoms with van der Waals surface area (Å²) in [6.45, 7) is -0.361. The molecule has 3 nitrogen and oxygen atoms in total. The number of benzene rings is 1. The van der Waals surface area contributed by atoms with Gasteiger partial charge >= 0.3 is 0 Å². The van der Waals surface area contributed by atoms with Gasteiger partial charge in [-0.1, -0.05) is 24.3 Å². The van der Waals surface area contributed by atoms with E-state index in [1.807, 2.05) is 30.5 Å². The van der Waals surface area contributed by atoms with Crippen LogP contribution < -0.4 is 0 Å². The molecule has 14 heavy (non-hydrogen) atoms. The van der Waals surface area contributed by atoms with Crippen molar-refractivity contribution in [3.63, 3.8) is 0 Å². The normalized spacial score (nSPS) is 8.93. The Labute approximate surface area is 82.0 Å². The minimum Gasteiger partial charge on any atom is -0.389 e. The van der Waals surface area contributed by atoms with Gasteiger partial charge in [-0.3, -0.25) is 4.98 Å². The molecule has 72 valence electrons. The first-order chi connectivity index (χ1) is 6.88. The van der Waals surface area contributed by atoms with Gasteiger partial charge in [0.05, 0.1) is 12.1 Å². The van der Waals surface area contributed by atoms with E-state index in [1.165, 1.54) is 5.39 Å². The molecule has 0 atom stereocenters. The molecular weight excluding hydrogens is 178 g/mol. The second kappa shape index (κ2) is 5.83. The molecular formula is C11H11NO2. The van der Waals surface area contributed by atoms with Crippen molar-refractivity contribution >= 4 is 17.2 Å². The minimum absolute atomic E-state index is 0.361. The Morgan fingerprint density at radius 1 is 1.21 bits per heavy atom. The van der Waals surface area contributed by atoms with Crippen molar-refractivity contribution in [2.45, 2.75) is 0 Å². The van der Waals surface area contributed by atoms with Crippen LogP contribution >= 0.6 is 0 Å². The standard InChI is InChI=1S/C9H7N.C2H4O2/c1-2-6-9-8(4-1)5-3-7-10-9;3-1-2-4/h1-7H;1,4H,2H2. The number of aliphatic hydroxyl groups excluding tert-OH is 1. The summed E-state index contributed by atoms with van der Waals surface area (Å²) >= 11 is 0. The zero-order chi connectivity index (χ0) is 10.2. The van der Waals surface area contributed by atoms with E-state index in [9.17, 15) is 0 Å². The van der Waals surface area contributed by atoms with Crippen LogP contribution in [0, 0.1) is 0 Å². The Morgan fingerprint density at radius 3 is 2.50 bits per heavy atom. The summed E-state index contributed by atoms with van der Waals surface area (Å²) in [6.07, 6.45) is 2.24. The Kier molecular flexibility index (Phi) is 4.31. The number of carbonyl (C=O) groups is 1. The van der Waals surface area contributed by atoms with Gasteiger partial charge in [0.1, 0.15) is 6.29 Å². The number of aldehydes is 1. The van der Waals surface area contributed by atoms with Gasteiger partial charge in [-0.2, -0.15) is 0 Å². The molecule has 0 aliphatic carbocycles. The molecule has 0 spiro atoms. The SMILES string of the molecule is O=CCO.c1ccc2ncccc2c1. The monoisotopic (exact) mass is 189 g/mol. The fraction of sp³-hybridized carbons (Fsp3) is 0.0909. The first-order valence-corrected chi connectivity index (χ1v) is 4.22. The number of pyridine rings is 1. The summed E-state index contributed by atoms with van der Waals surface area (Å²) in [7, 11) is 0. The first kappa shape index (κ1) is 10.3. The maximum Gasteiger partial charge on any atom is 0.145 e. The summed E-state index contributed by atoms with van der Waals surface area (Å²) in [4.78, 5) is 13.1. The lowest BCUT2D eigenvalue weighted by atomic mass is 10.2. The van der Waals surface area contributed by atoms with E-state index < -0.39 is 0 Å². The number of rotatable bonds is 1. The number of carbonyl (C=O) groups excluding carboxylic acids is 1. The molecule has 0 saturated heterocycles. The van der Waals surface area contributed by atoms with Crippen LogP contribution in [0.4, 0.5) is 0 Å². The van der Waals surface area contributed by atoms with Crippen LogP contribution in [0.25, 0.3) is 10.9 Å². The number of nitrogens with zero attached hydrogens (tertiary/aromatic N) is 1. The molecule has 0 amide bonds. The third-order valence-corrected chi connectivity index (χ3v) is 1.59. The van der Waals surface area contributed by atoms with Crippen molar-refractivity contribution in [3.8, 4) is 0 Å². The first-order valence-electron chi connectivity index (χ1n) is 4.22. The number of hydrogen-bond acceptors (Lipinski definition) is 3. The van der Waals surface area contributed by atoms with Gasteiger partial charge in [0.2, 0.25) is 0 Å². The van der Waals surface area contributed by atoms with Gasteiger partial charge in [0, 0.05) is 11.6 Å². The molecule has 0 saturated carbocycles. The van der Waals surface area contributed by atoms with Crippen molar-refractivity contribution in [1.29, 1.82) is 0 Å². The lowest BCUT2D eigenvalue weighted by Crippen LogP contribution is -1.75. The predicted octanol–water partition coefficient (Wildman–Crippen LogP) is 1.41. The average Bonchev–Trinajstić information content (AvgIpc) is 2.30. The molecule has 1 N–H and O–H groups in total. The van der Waals surface area contributed by atoms with Gasteiger partial charge in [-0.15, -0.1) is 0 Å². The van der Waals surface area contributed by atoms with E-state index in [1.54, 1.807) is 0 Å². The highest BCUT2D eigenvalue weighted by Gasteiger charge is 1.86. The number of aliphatic hydroxyl groups is 1. The van der Waals surface area contributed by atoms with Gasteiger partial charge < -0.3 is 9.90 Å². The zero-order valence-corrected chi connectivity index (χ0v) is 7.63. The number of fused-ring (bicyclic) bond motifs is 1. The quantitative estimate of drug-likeness (QED) is 0.690. The number of aromatic nitrogens is 1.